The monoisotopic (exact) mass is 429 g/mol. The summed E-state index contributed by atoms with van der Waals surface area (Å²) in [6.07, 6.45) is -2.38. The second kappa shape index (κ2) is 10.3. The SMILES string of the molecule is CC(C)CC(C(=O)O)C(Cc1ccc(NCCC(N)C(F)(F)F)nc1)c1nn[nH]n1. The van der Waals surface area contributed by atoms with E-state index in [1.54, 1.807) is 18.3 Å². The van der Waals surface area contributed by atoms with Crippen LogP contribution >= 0.6 is 0 Å². The number of anilines is 1. The van der Waals surface area contributed by atoms with Crippen LogP contribution in [0.25, 0.3) is 0 Å². The summed E-state index contributed by atoms with van der Waals surface area (Å²) in [4.78, 5) is 16.1. The maximum Gasteiger partial charge on any atom is 0.403 e. The minimum absolute atomic E-state index is 0.0218. The summed E-state index contributed by atoms with van der Waals surface area (Å²) in [6.45, 7) is 3.90. The highest BCUT2D eigenvalue weighted by atomic mass is 19.4. The molecule has 2 aromatic heterocycles. The molecule has 0 spiro atoms. The van der Waals surface area contributed by atoms with Crippen LogP contribution in [0.4, 0.5) is 19.0 Å². The van der Waals surface area contributed by atoms with Gasteiger partial charge in [0.05, 0.1) is 5.92 Å². The van der Waals surface area contributed by atoms with E-state index in [1.165, 1.54) is 0 Å². The summed E-state index contributed by atoms with van der Waals surface area (Å²) >= 11 is 0. The van der Waals surface area contributed by atoms with Crippen molar-refractivity contribution in [3.8, 4) is 0 Å². The Hall–Kier alpha value is -2.76. The van der Waals surface area contributed by atoms with Gasteiger partial charge in [0.25, 0.3) is 0 Å². The number of H-pyrrole nitrogens is 1. The number of carboxylic acid groups (broad SMARTS) is 1. The van der Waals surface area contributed by atoms with Crippen LogP contribution in [0.15, 0.2) is 18.3 Å². The molecule has 0 aliphatic heterocycles. The van der Waals surface area contributed by atoms with Crippen LogP contribution in [0, 0.1) is 11.8 Å². The van der Waals surface area contributed by atoms with E-state index in [-0.39, 0.29) is 18.9 Å². The number of tetrazole rings is 1. The molecular formula is C18H26F3N7O2. The predicted octanol–water partition coefficient (Wildman–Crippen LogP) is 2.36. The van der Waals surface area contributed by atoms with Gasteiger partial charge < -0.3 is 16.2 Å². The molecule has 2 aromatic rings. The summed E-state index contributed by atoms with van der Waals surface area (Å²) in [5.41, 5.74) is 5.82. The number of halogens is 3. The van der Waals surface area contributed by atoms with E-state index < -0.39 is 30.0 Å². The first-order valence-corrected chi connectivity index (χ1v) is 9.55. The minimum Gasteiger partial charge on any atom is -0.481 e. The second-order valence-electron chi connectivity index (χ2n) is 7.57. The number of nitrogens with one attached hydrogen (secondary N) is 2. The van der Waals surface area contributed by atoms with Gasteiger partial charge in [-0.1, -0.05) is 25.1 Å². The third-order valence-electron chi connectivity index (χ3n) is 4.68. The molecule has 0 radical (unpaired) electrons. The average molecular weight is 429 g/mol. The van der Waals surface area contributed by atoms with Crippen molar-refractivity contribution in [1.82, 2.24) is 25.6 Å². The number of aromatic amines is 1. The standard InChI is InChI=1S/C18H26F3N7O2/c1-10(2)7-13(17(29)30)12(16-25-27-28-26-16)8-11-3-4-15(24-9-11)23-6-5-14(22)18(19,20)21/h3-4,9-10,12-14H,5-8,22H2,1-2H3,(H,23,24)(H,29,30)(H,25,26,27,28). The molecule has 0 saturated carbocycles. The zero-order chi connectivity index (χ0) is 22.3. The summed E-state index contributed by atoms with van der Waals surface area (Å²) in [7, 11) is 0. The molecule has 2 heterocycles. The lowest BCUT2D eigenvalue weighted by atomic mass is 9.81. The topological polar surface area (TPSA) is 143 Å². The van der Waals surface area contributed by atoms with Gasteiger partial charge in [-0.25, -0.2) is 4.98 Å². The molecule has 0 aromatic carbocycles. The number of nitrogens with two attached hydrogens (primary N) is 1. The van der Waals surface area contributed by atoms with Crippen LogP contribution in [0.1, 0.15) is 44.0 Å². The highest BCUT2D eigenvalue weighted by Gasteiger charge is 2.36. The number of aromatic nitrogens is 5. The van der Waals surface area contributed by atoms with Gasteiger partial charge in [0, 0.05) is 18.7 Å². The third kappa shape index (κ3) is 6.94. The maximum atomic E-state index is 12.4. The maximum absolute atomic E-state index is 12.4. The van der Waals surface area contributed by atoms with Crippen molar-refractivity contribution in [1.29, 1.82) is 0 Å². The van der Waals surface area contributed by atoms with E-state index in [4.69, 9.17) is 5.73 Å². The van der Waals surface area contributed by atoms with E-state index in [0.29, 0.717) is 24.5 Å². The van der Waals surface area contributed by atoms with E-state index in [2.05, 4.69) is 30.9 Å². The largest absolute Gasteiger partial charge is 0.481 e. The zero-order valence-corrected chi connectivity index (χ0v) is 16.7. The number of hydrogen-bond acceptors (Lipinski definition) is 7. The molecule has 2 rings (SSSR count). The fraction of sp³-hybridized carbons (Fsp3) is 0.611. The number of aliphatic carboxylic acids is 1. The lowest BCUT2D eigenvalue weighted by Gasteiger charge is -2.23. The van der Waals surface area contributed by atoms with Gasteiger partial charge in [0.2, 0.25) is 0 Å². The van der Waals surface area contributed by atoms with Gasteiger partial charge >= 0.3 is 12.1 Å². The van der Waals surface area contributed by atoms with Crippen molar-refractivity contribution in [2.75, 3.05) is 11.9 Å². The molecule has 30 heavy (non-hydrogen) atoms. The highest BCUT2D eigenvalue weighted by molar-refractivity contribution is 5.71. The molecule has 9 nitrogen and oxygen atoms in total. The number of hydrogen-bond donors (Lipinski definition) is 4. The first-order valence-electron chi connectivity index (χ1n) is 9.55. The number of rotatable bonds is 11. The molecule has 0 amide bonds. The summed E-state index contributed by atoms with van der Waals surface area (Å²) < 4.78 is 37.3. The van der Waals surface area contributed by atoms with Crippen molar-refractivity contribution in [2.45, 2.75) is 51.2 Å². The Morgan fingerprint density at radius 2 is 2.07 bits per heavy atom. The molecule has 0 saturated heterocycles. The third-order valence-corrected chi connectivity index (χ3v) is 4.68. The van der Waals surface area contributed by atoms with Crippen LogP contribution in [0.2, 0.25) is 0 Å². The van der Waals surface area contributed by atoms with E-state index >= 15 is 0 Å². The average Bonchev–Trinajstić information content (AvgIpc) is 3.19. The molecule has 0 aliphatic carbocycles. The number of nitrogens with zero attached hydrogens (tertiary/aromatic N) is 4. The predicted molar refractivity (Wildman–Crippen MR) is 103 cm³/mol. The van der Waals surface area contributed by atoms with Crippen LogP contribution in [0.5, 0.6) is 0 Å². The molecule has 166 valence electrons. The Labute approximate surface area is 171 Å². The molecule has 0 fully saturated rings. The minimum atomic E-state index is -4.43. The van der Waals surface area contributed by atoms with Crippen LogP contribution in [0.3, 0.4) is 0 Å². The Bertz CT molecular complexity index is 782. The number of pyridine rings is 1. The first-order chi connectivity index (χ1) is 14.1. The highest BCUT2D eigenvalue weighted by Crippen LogP contribution is 2.31. The van der Waals surface area contributed by atoms with Crippen molar-refractivity contribution < 1.29 is 23.1 Å². The van der Waals surface area contributed by atoms with E-state index in [1.807, 2.05) is 13.8 Å². The molecule has 5 N–H and O–H groups in total. The number of alkyl halides is 3. The Balaban J connectivity index is 2.05. The Morgan fingerprint density at radius 1 is 1.33 bits per heavy atom. The summed E-state index contributed by atoms with van der Waals surface area (Å²) in [5, 5.41) is 26.3. The molecule has 0 aliphatic rings. The summed E-state index contributed by atoms with van der Waals surface area (Å²) in [5.74, 6) is -1.27. The summed E-state index contributed by atoms with van der Waals surface area (Å²) in [6, 6.07) is 1.47. The van der Waals surface area contributed by atoms with Gasteiger partial charge in [-0.15, -0.1) is 10.2 Å². The van der Waals surface area contributed by atoms with Crippen LogP contribution in [-0.4, -0.2) is 55.4 Å². The first kappa shape index (κ1) is 23.5. The number of carbonyl (C=O) groups is 1. The van der Waals surface area contributed by atoms with Gasteiger partial charge in [0.1, 0.15) is 11.9 Å². The van der Waals surface area contributed by atoms with Gasteiger partial charge in [-0.2, -0.15) is 18.4 Å². The Kier molecular flexibility index (Phi) is 8.09. The fourth-order valence-electron chi connectivity index (χ4n) is 3.11. The fourth-order valence-corrected chi connectivity index (χ4v) is 3.11. The van der Waals surface area contributed by atoms with E-state index in [0.717, 1.165) is 5.56 Å². The van der Waals surface area contributed by atoms with Crippen molar-refractivity contribution >= 4 is 11.8 Å². The second-order valence-corrected chi connectivity index (χ2v) is 7.57. The normalized spacial score (nSPS) is 15.0. The smallest absolute Gasteiger partial charge is 0.403 e. The quantitative estimate of drug-likeness (QED) is 0.426. The number of carboxylic acids is 1. The Morgan fingerprint density at radius 3 is 2.57 bits per heavy atom. The molecule has 3 unspecified atom stereocenters. The van der Waals surface area contributed by atoms with Crippen LogP contribution in [-0.2, 0) is 11.2 Å². The van der Waals surface area contributed by atoms with Crippen molar-refractivity contribution in [2.24, 2.45) is 17.6 Å². The van der Waals surface area contributed by atoms with Gasteiger partial charge in [-0.3, -0.25) is 4.79 Å². The lowest BCUT2D eigenvalue weighted by Crippen LogP contribution is -2.38. The lowest BCUT2D eigenvalue weighted by molar-refractivity contribution is -0.148. The van der Waals surface area contributed by atoms with Crippen LogP contribution < -0.4 is 11.1 Å². The molecule has 3 atom stereocenters. The zero-order valence-electron chi connectivity index (χ0n) is 16.7. The van der Waals surface area contributed by atoms with Crippen molar-refractivity contribution in [3.63, 3.8) is 0 Å². The van der Waals surface area contributed by atoms with E-state index in [9.17, 15) is 23.1 Å². The van der Waals surface area contributed by atoms with Crippen molar-refractivity contribution in [3.05, 3.63) is 29.7 Å². The molecule has 0 bridgehead atoms. The molecule has 12 heteroatoms. The molecular weight excluding hydrogens is 403 g/mol. The van der Waals surface area contributed by atoms with Gasteiger partial charge in [0.15, 0.2) is 5.82 Å². The van der Waals surface area contributed by atoms with Gasteiger partial charge in [-0.05, 0) is 36.8 Å².